The molecule has 1 saturated heterocycles. The van der Waals surface area contributed by atoms with Gasteiger partial charge in [0.2, 0.25) is 5.91 Å². The molecule has 1 N–H and O–H groups in total. The van der Waals surface area contributed by atoms with Crippen LogP contribution in [-0.4, -0.2) is 48.4 Å². The molecule has 1 aliphatic heterocycles. The maximum absolute atomic E-state index is 13.2. The highest BCUT2D eigenvalue weighted by atomic mass is 19.1. The molecule has 1 amide bonds. The van der Waals surface area contributed by atoms with Crippen LogP contribution in [-0.2, 0) is 11.3 Å². The number of halogens is 1. The van der Waals surface area contributed by atoms with Gasteiger partial charge in [-0.05, 0) is 41.3 Å². The fourth-order valence-corrected chi connectivity index (χ4v) is 3.78. The molecule has 1 aliphatic rings. The molecule has 2 aromatic carbocycles. The van der Waals surface area contributed by atoms with Crippen LogP contribution in [0.25, 0.3) is 0 Å². The number of nitrogens with one attached hydrogen (secondary N) is 1. The van der Waals surface area contributed by atoms with E-state index in [1.807, 2.05) is 24.3 Å². The second-order valence-electron chi connectivity index (χ2n) is 8.20. The van der Waals surface area contributed by atoms with E-state index in [-0.39, 0.29) is 23.7 Å². The van der Waals surface area contributed by atoms with Gasteiger partial charge in [-0.15, -0.1) is 0 Å². The zero-order chi connectivity index (χ0) is 21.5. The predicted molar refractivity (Wildman–Crippen MR) is 115 cm³/mol. The van der Waals surface area contributed by atoms with Crippen LogP contribution >= 0.6 is 0 Å². The number of hydrogen-bond acceptors (Lipinski definition) is 4. The quantitative estimate of drug-likeness (QED) is 0.764. The summed E-state index contributed by atoms with van der Waals surface area (Å²) in [4.78, 5) is 17.2. The van der Waals surface area contributed by atoms with E-state index in [1.165, 1.54) is 17.7 Å². The maximum atomic E-state index is 13.2. The van der Waals surface area contributed by atoms with Gasteiger partial charge in [-0.2, -0.15) is 5.26 Å². The van der Waals surface area contributed by atoms with Crippen LogP contribution < -0.4 is 5.32 Å². The van der Waals surface area contributed by atoms with Gasteiger partial charge in [0.1, 0.15) is 5.82 Å². The minimum atomic E-state index is -0.272. The summed E-state index contributed by atoms with van der Waals surface area (Å²) in [6, 6.07) is 16.1. The second-order valence-corrected chi connectivity index (χ2v) is 8.20. The van der Waals surface area contributed by atoms with Gasteiger partial charge < -0.3 is 5.32 Å². The Balaban J connectivity index is 1.47. The van der Waals surface area contributed by atoms with Crippen molar-refractivity contribution in [2.75, 3.05) is 32.7 Å². The zero-order valence-electron chi connectivity index (χ0n) is 17.6. The van der Waals surface area contributed by atoms with Crippen molar-refractivity contribution < 1.29 is 9.18 Å². The topological polar surface area (TPSA) is 59.4 Å². The lowest BCUT2D eigenvalue weighted by Crippen LogP contribution is -2.49. The van der Waals surface area contributed by atoms with Crippen molar-refractivity contribution in [2.24, 2.45) is 5.92 Å². The molecule has 158 valence electrons. The molecule has 0 bridgehead atoms. The number of amides is 1. The summed E-state index contributed by atoms with van der Waals surface area (Å²) in [5, 5.41) is 12.0. The first-order valence-electron chi connectivity index (χ1n) is 10.4. The summed E-state index contributed by atoms with van der Waals surface area (Å²) >= 11 is 0. The molecule has 0 spiro atoms. The fourth-order valence-electron chi connectivity index (χ4n) is 3.78. The molecule has 1 atom stereocenters. The Bertz CT molecular complexity index is 866. The number of benzene rings is 2. The van der Waals surface area contributed by atoms with Crippen LogP contribution in [0.1, 0.15) is 36.6 Å². The smallest absolute Gasteiger partial charge is 0.234 e. The van der Waals surface area contributed by atoms with Gasteiger partial charge >= 0.3 is 0 Å². The number of nitrogens with zero attached hydrogens (tertiary/aromatic N) is 3. The molecule has 6 heteroatoms. The Morgan fingerprint density at radius 1 is 1.03 bits per heavy atom. The Hall–Kier alpha value is -2.75. The van der Waals surface area contributed by atoms with E-state index in [2.05, 4.69) is 35.0 Å². The average molecular weight is 409 g/mol. The van der Waals surface area contributed by atoms with E-state index < -0.39 is 0 Å². The van der Waals surface area contributed by atoms with Gasteiger partial charge in [-0.25, -0.2) is 4.39 Å². The summed E-state index contributed by atoms with van der Waals surface area (Å²) in [5.41, 5.74) is 2.79. The van der Waals surface area contributed by atoms with Gasteiger partial charge in [0.05, 0.1) is 24.2 Å². The molecule has 0 aromatic heterocycles. The van der Waals surface area contributed by atoms with Gasteiger partial charge in [-0.1, -0.05) is 38.1 Å². The predicted octanol–water partition coefficient (Wildman–Crippen LogP) is 3.33. The summed E-state index contributed by atoms with van der Waals surface area (Å²) in [7, 11) is 0. The summed E-state index contributed by atoms with van der Waals surface area (Å²) in [6.07, 6.45) is 0. The molecule has 1 heterocycles. The first-order chi connectivity index (χ1) is 14.4. The Morgan fingerprint density at radius 2 is 1.63 bits per heavy atom. The van der Waals surface area contributed by atoms with Crippen LogP contribution in [0.2, 0.25) is 0 Å². The Morgan fingerprint density at radius 3 is 2.20 bits per heavy atom. The van der Waals surface area contributed by atoms with E-state index in [9.17, 15) is 9.18 Å². The molecule has 0 saturated carbocycles. The van der Waals surface area contributed by atoms with Gasteiger partial charge in [0, 0.05) is 32.7 Å². The monoisotopic (exact) mass is 408 g/mol. The van der Waals surface area contributed by atoms with Gasteiger partial charge in [0.25, 0.3) is 0 Å². The highest BCUT2D eigenvalue weighted by Crippen LogP contribution is 2.22. The highest BCUT2D eigenvalue weighted by Gasteiger charge is 2.22. The van der Waals surface area contributed by atoms with Crippen LogP contribution in [0.15, 0.2) is 48.5 Å². The lowest BCUT2D eigenvalue weighted by atomic mass is 9.96. The lowest BCUT2D eigenvalue weighted by Gasteiger charge is -2.34. The van der Waals surface area contributed by atoms with E-state index in [4.69, 9.17) is 5.26 Å². The highest BCUT2D eigenvalue weighted by molar-refractivity contribution is 5.78. The normalized spacial score (nSPS) is 16.2. The largest absolute Gasteiger partial charge is 0.348 e. The number of piperazine rings is 1. The average Bonchev–Trinajstić information content (AvgIpc) is 2.74. The van der Waals surface area contributed by atoms with Gasteiger partial charge in [0.15, 0.2) is 0 Å². The van der Waals surface area contributed by atoms with Gasteiger partial charge in [-0.3, -0.25) is 14.6 Å². The van der Waals surface area contributed by atoms with Crippen molar-refractivity contribution in [3.05, 3.63) is 71.0 Å². The molecule has 30 heavy (non-hydrogen) atoms. The van der Waals surface area contributed by atoms with E-state index >= 15 is 0 Å². The number of rotatable bonds is 7. The van der Waals surface area contributed by atoms with Crippen LogP contribution in [0, 0.1) is 23.1 Å². The maximum Gasteiger partial charge on any atom is 0.234 e. The SMILES string of the molecule is CC(C)C(NC(=O)CN1CCN(Cc2ccc(C#N)cc2)CC1)c1ccc(F)cc1. The molecule has 1 unspecified atom stereocenters. The van der Waals surface area contributed by atoms with Crippen LogP contribution in [0.5, 0.6) is 0 Å². The first-order valence-corrected chi connectivity index (χ1v) is 10.4. The number of nitriles is 1. The molecular formula is C24H29FN4O. The van der Waals surface area contributed by atoms with E-state index in [0.29, 0.717) is 12.1 Å². The van der Waals surface area contributed by atoms with E-state index in [1.54, 1.807) is 12.1 Å². The summed E-state index contributed by atoms with van der Waals surface area (Å²) in [5.74, 6) is -0.0614. The molecule has 0 aliphatic carbocycles. The lowest BCUT2D eigenvalue weighted by molar-refractivity contribution is -0.123. The molecular weight excluding hydrogens is 379 g/mol. The third-order valence-electron chi connectivity index (χ3n) is 5.53. The molecule has 2 aromatic rings. The molecule has 3 rings (SSSR count). The third kappa shape index (κ3) is 6.12. The van der Waals surface area contributed by atoms with Crippen LogP contribution in [0.3, 0.4) is 0 Å². The molecule has 1 fully saturated rings. The van der Waals surface area contributed by atoms with E-state index in [0.717, 1.165) is 38.3 Å². The van der Waals surface area contributed by atoms with Crippen molar-refractivity contribution >= 4 is 5.91 Å². The minimum absolute atomic E-state index is 0.00133. The zero-order valence-corrected chi connectivity index (χ0v) is 17.6. The second kappa shape index (κ2) is 10.3. The minimum Gasteiger partial charge on any atom is -0.348 e. The molecule has 0 radical (unpaired) electrons. The van der Waals surface area contributed by atoms with Crippen molar-refractivity contribution in [3.63, 3.8) is 0 Å². The Kier molecular flexibility index (Phi) is 7.56. The Labute approximate surface area is 178 Å². The number of carbonyl (C=O) groups excluding carboxylic acids is 1. The number of carbonyl (C=O) groups is 1. The van der Waals surface area contributed by atoms with Crippen molar-refractivity contribution in [1.82, 2.24) is 15.1 Å². The van der Waals surface area contributed by atoms with Crippen molar-refractivity contribution in [2.45, 2.75) is 26.4 Å². The van der Waals surface area contributed by atoms with Crippen molar-refractivity contribution in [3.8, 4) is 6.07 Å². The third-order valence-corrected chi connectivity index (χ3v) is 5.53. The number of hydrogen-bond donors (Lipinski definition) is 1. The molecule has 5 nitrogen and oxygen atoms in total. The summed E-state index contributed by atoms with van der Waals surface area (Å²) in [6.45, 7) is 8.81. The standard InChI is InChI=1S/C24H29FN4O/c1-18(2)24(21-7-9-22(25)10-8-21)27-23(30)17-29-13-11-28(12-14-29)16-20-5-3-19(15-26)4-6-20/h3-10,18,24H,11-14,16-17H2,1-2H3,(H,27,30). The summed E-state index contributed by atoms with van der Waals surface area (Å²) < 4.78 is 13.2. The first kappa shape index (κ1) is 21.9. The van der Waals surface area contributed by atoms with Crippen molar-refractivity contribution in [1.29, 1.82) is 5.26 Å². The van der Waals surface area contributed by atoms with Crippen LogP contribution in [0.4, 0.5) is 4.39 Å². The fraction of sp³-hybridized carbons (Fsp3) is 0.417.